The van der Waals surface area contributed by atoms with Crippen LogP contribution in [0.1, 0.15) is 61.6 Å². The standard InChI is InChI=1S/C31H45N9O3.C2HF3O2/c32-23-14-10-20(11-15-23)18-26(30(43)39-25(28(35)41)7-4-16-38-31(36)37)40-29(42)24(21-5-2-1-3-6-21)17-19-8-12-22(13-9-19)27(33)34;3-2(4,5)1(6)7/h8-15,21,24-26H,1-7,16-18,32H2,(H3,33,34)(H2,35,41)(H,39,43)(H,40,42)(H4,36,37,38);(H,6,7)/t24-,25+,26+;/m1./s1. The highest BCUT2D eigenvalue weighted by Gasteiger charge is 2.38. The molecule has 0 unspecified atom stereocenters. The number of carboxylic acids is 1. The van der Waals surface area contributed by atoms with Crippen LogP contribution in [0.4, 0.5) is 18.9 Å². The second-order valence-electron chi connectivity index (χ2n) is 12.0. The van der Waals surface area contributed by atoms with Crippen LogP contribution in [0.3, 0.4) is 0 Å². The summed E-state index contributed by atoms with van der Waals surface area (Å²) in [5, 5.41) is 20.5. The van der Waals surface area contributed by atoms with E-state index in [-0.39, 0.29) is 48.9 Å². The fraction of sp³-hybridized carbons (Fsp3) is 0.455. The Morgan fingerprint density at radius 2 is 1.36 bits per heavy atom. The van der Waals surface area contributed by atoms with Gasteiger partial charge in [-0.1, -0.05) is 55.7 Å². The number of benzene rings is 2. The number of carbonyl (C=O) groups excluding carboxylic acids is 3. The third-order valence-electron chi connectivity index (χ3n) is 8.18. The average Bonchev–Trinajstić information content (AvgIpc) is 3.05. The molecule has 14 nitrogen and oxygen atoms in total. The number of nitrogens with zero attached hydrogens (tertiary/aromatic N) is 1. The molecule has 1 saturated carbocycles. The molecule has 1 fully saturated rings. The zero-order valence-corrected chi connectivity index (χ0v) is 27.5. The van der Waals surface area contributed by atoms with Crippen molar-refractivity contribution in [2.75, 3.05) is 12.3 Å². The lowest BCUT2D eigenvalue weighted by Crippen LogP contribution is -2.55. The predicted molar refractivity (Wildman–Crippen MR) is 182 cm³/mol. The van der Waals surface area contributed by atoms with Gasteiger partial charge in [0.1, 0.15) is 17.9 Å². The fourth-order valence-electron chi connectivity index (χ4n) is 5.52. The average molecular weight is 706 g/mol. The monoisotopic (exact) mass is 705 g/mol. The minimum atomic E-state index is -5.08. The second kappa shape index (κ2) is 19.6. The van der Waals surface area contributed by atoms with E-state index in [0.717, 1.165) is 43.2 Å². The van der Waals surface area contributed by atoms with Crippen LogP contribution >= 0.6 is 0 Å². The SMILES string of the molecule is N=C(N)c1ccc(C[C@@H](C(=O)N[C@@H](Cc2ccc(N)cc2)C(=O)N[C@@H](CCCN=C(N)N)C(N)=O)C2CCCCC2)cc1.O=C(O)C(F)(F)F. The topological polar surface area (TPSA) is 279 Å². The normalized spacial score (nSPS) is 14.9. The number of nitrogens with two attached hydrogens (primary N) is 5. The van der Waals surface area contributed by atoms with Gasteiger partial charge in [0, 0.05) is 30.1 Å². The number of hydrogen-bond donors (Lipinski definition) is 9. The van der Waals surface area contributed by atoms with E-state index in [2.05, 4.69) is 15.6 Å². The summed E-state index contributed by atoms with van der Waals surface area (Å²) in [7, 11) is 0. The second-order valence-corrected chi connectivity index (χ2v) is 12.0. The van der Waals surface area contributed by atoms with Gasteiger partial charge in [-0.15, -0.1) is 0 Å². The number of anilines is 1. The highest BCUT2D eigenvalue weighted by molar-refractivity contribution is 5.95. The number of alkyl halides is 3. The molecule has 50 heavy (non-hydrogen) atoms. The van der Waals surface area contributed by atoms with Crippen molar-refractivity contribution in [2.24, 2.45) is 39.8 Å². The van der Waals surface area contributed by atoms with E-state index in [0.29, 0.717) is 24.1 Å². The summed E-state index contributed by atoms with van der Waals surface area (Å²) in [6, 6.07) is 12.5. The van der Waals surface area contributed by atoms with Crippen LogP contribution in [0.15, 0.2) is 53.5 Å². The molecule has 0 aliphatic heterocycles. The van der Waals surface area contributed by atoms with Crippen LogP contribution in [-0.4, -0.2) is 65.4 Å². The number of amidine groups is 1. The van der Waals surface area contributed by atoms with E-state index in [9.17, 15) is 27.6 Å². The Morgan fingerprint density at radius 1 is 0.840 bits per heavy atom. The minimum Gasteiger partial charge on any atom is -0.475 e. The minimum absolute atomic E-state index is 0.0184. The summed E-state index contributed by atoms with van der Waals surface area (Å²) < 4.78 is 31.7. The molecule has 0 bridgehead atoms. The fourth-order valence-corrected chi connectivity index (χ4v) is 5.52. The van der Waals surface area contributed by atoms with Gasteiger partial charge in [-0.25, -0.2) is 4.79 Å². The summed E-state index contributed by atoms with van der Waals surface area (Å²) >= 11 is 0. The maximum absolute atomic E-state index is 14.0. The summed E-state index contributed by atoms with van der Waals surface area (Å²) in [5.41, 5.74) is 30.7. The Morgan fingerprint density at radius 3 is 1.86 bits per heavy atom. The molecule has 0 heterocycles. The molecule has 3 rings (SSSR count). The smallest absolute Gasteiger partial charge is 0.475 e. The lowest BCUT2D eigenvalue weighted by atomic mass is 9.76. The van der Waals surface area contributed by atoms with Crippen LogP contribution in [-0.2, 0) is 32.0 Å². The van der Waals surface area contributed by atoms with Gasteiger partial charge in [-0.3, -0.25) is 24.8 Å². The molecule has 1 aliphatic rings. The Kier molecular flexibility index (Phi) is 16.0. The first kappa shape index (κ1) is 40.8. The van der Waals surface area contributed by atoms with E-state index in [1.165, 1.54) is 0 Å². The summed E-state index contributed by atoms with van der Waals surface area (Å²) in [6.07, 6.45) is 1.35. The number of hydrogen-bond acceptors (Lipinski definition) is 7. The Labute approximate surface area is 287 Å². The van der Waals surface area contributed by atoms with Gasteiger partial charge in [-0.05, 0) is 61.3 Å². The van der Waals surface area contributed by atoms with Crippen molar-refractivity contribution in [3.05, 3.63) is 65.2 Å². The van der Waals surface area contributed by atoms with E-state index < -0.39 is 36.0 Å². The Bertz CT molecular complexity index is 1480. The van der Waals surface area contributed by atoms with E-state index in [1.807, 2.05) is 12.1 Å². The molecule has 0 spiro atoms. The van der Waals surface area contributed by atoms with Gasteiger partial charge in [-0.2, -0.15) is 13.2 Å². The Hall–Kier alpha value is -5.35. The summed E-state index contributed by atoms with van der Waals surface area (Å²) in [6.45, 7) is 0.282. The van der Waals surface area contributed by atoms with Crippen LogP contribution < -0.4 is 39.3 Å². The van der Waals surface area contributed by atoms with Crippen molar-refractivity contribution < 1.29 is 37.5 Å². The first-order valence-corrected chi connectivity index (χ1v) is 16.0. The van der Waals surface area contributed by atoms with Gasteiger partial charge in [0.2, 0.25) is 17.7 Å². The molecule has 0 radical (unpaired) electrons. The molecule has 14 N–H and O–H groups in total. The lowest BCUT2D eigenvalue weighted by Gasteiger charge is -2.31. The molecule has 0 aromatic heterocycles. The third-order valence-corrected chi connectivity index (χ3v) is 8.18. The van der Waals surface area contributed by atoms with E-state index >= 15 is 0 Å². The van der Waals surface area contributed by atoms with Crippen molar-refractivity contribution in [1.29, 1.82) is 5.41 Å². The molecule has 3 atom stereocenters. The molecule has 1 aliphatic carbocycles. The van der Waals surface area contributed by atoms with Crippen molar-refractivity contribution >= 4 is 41.2 Å². The van der Waals surface area contributed by atoms with Crippen molar-refractivity contribution in [3.63, 3.8) is 0 Å². The molecular formula is C33H46F3N9O5. The Balaban J connectivity index is 0.00000112. The number of halogens is 3. The zero-order chi connectivity index (χ0) is 37.4. The number of rotatable bonds is 15. The largest absolute Gasteiger partial charge is 0.490 e. The number of nitrogen functional groups attached to an aromatic ring is 2. The maximum atomic E-state index is 14.0. The molecule has 274 valence electrons. The first-order valence-electron chi connectivity index (χ1n) is 16.0. The number of carboxylic acid groups (broad SMARTS) is 1. The van der Waals surface area contributed by atoms with Crippen LogP contribution in [0.5, 0.6) is 0 Å². The summed E-state index contributed by atoms with van der Waals surface area (Å²) in [5.74, 6) is -4.46. The van der Waals surface area contributed by atoms with E-state index in [1.54, 1.807) is 36.4 Å². The van der Waals surface area contributed by atoms with Crippen LogP contribution in [0.25, 0.3) is 0 Å². The number of nitrogens with one attached hydrogen (secondary N) is 3. The van der Waals surface area contributed by atoms with Gasteiger partial charge < -0.3 is 44.4 Å². The number of aliphatic carboxylic acids is 1. The van der Waals surface area contributed by atoms with E-state index in [4.69, 9.17) is 44.0 Å². The van der Waals surface area contributed by atoms with Gasteiger partial charge in [0.25, 0.3) is 0 Å². The number of aliphatic imine (C=N–C) groups is 1. The first-order chi connectivity index (χ1) is 23.5. The van der Waals surface area contributed by atoms with Crippen LogP contribution in [0, 0.1) is 17.2 Å². The zero-order valence-electron chi connectivity index (χ0n) is 27.5. The third kappa shape index (κ3) is 14.4. The van der Waals surface area contributed by atoms with Crippen molar-refractivity contribution in [3.8, 4) is 0 Å². The highest BCUT2D eigenvalue weighted by Crippen LogP contribution is 2.32. The van der Waals surface area contributed by atoms with Crippen molar-refractivity contribution in [1.82, 2.24) is 10.6 Å². The summed E-state index contributed by atoms with van der Waals surface area (Å²) in [4.78, 5) is 52.6. The maximum Gasteiger partial charge on any atom is 0.490 e. The van der Waals surface area contributed by atoms with Gasteiger partial charge in [0.15, 0.2) is 5.96 Å². The molecule has 2 aromatic rings. The molecular weight excluding hydrogens is 659 g/mol. The lowest BCUT2D eigenvalue weighted by molar-refractivity contribution is -0.192. The molecule has 17 heteroatoms. The van der Waals surface area contributed by atoms with Crippen LogP contribution in [0.2, 0.25) is 0 Å². The van der Waals surface area contributed by atoms with Gasteiger partial charge in [0.05, 0.1) is 0 Å². The van der Waals surface area contributed by atoms with Crippen molar-refractivity contribution in [2.45, 2.75) is 76.0 Å². The number of carbonyl (C=O) groups is 4. The quantitative estimate of drug-likeness (QED) is 0.0563. The highest BCUT2D eigenvalue weighted by atomic mass is 19.4. The molecule has 2 aromatic carbocycles. The number of primary amides is 1. The number of amides is 3. The molecule has 3 amide bonds. The van der Waals surface area contributed by atoms with Gasteiger partial charge >= 0.3 is 12.1 Å². The predicted octanol–water partition coefficient (Wildman–Crippen LogP) is 1.68. The number of guanidine groups is 1. The molecule has 0 saturated heterocycles.